The van der Waals surface area contributed by atoms with Gasteiger partial charge in [-0.25, -0.2) is 4.98 Å². The van der Waals surface area contributed by atoms with Crippen LogP contribution in [0.1, 0.15) is 11.1 Å². The predicted octanol–water partition coefficient (Wildman–Crippen LogP) is 6.90. The topological polar surface area (TPSA) is 12.9 Å². The first kappa shape index (κ1) is 17.0. The number of alkyl halides is 3. The summed E-state index contributed by atoms with van der Waals surface area (Å²) in [5.74, 6) is 0.520. The van der Waals surface area contributed by atoms with Crippen molar-refractivity contribution in [3.63, 3.8) is 0 Å². The fourth-order valence-electron chi connectivity index (χ4n) is 1.87. The molecule has 1 nitrogen and oxygen atoms in total. The third-order valence-electron chi connectivity index (χ3n) is 2.91. The number of thiazole rings is 1. The fraction of sp³-hybridized carbons (Fsp3) is 0.133. The van der Waals surface area contributed by atoms with Gasteiger partial charge in [0.05, 0.1) is 15.8 Å². The Hall–Kier alpha value is -0.830. The van der Waals surface area contributed by atoms with Gasteiger partial charge in [0.15, 0.2) is 4.34 Å². The van der Waals surface area contributed by atoms with Gasteiger partial charge in [0, 0.05) is 5.75 Å². The molecule has 0 atom stereocenters. The van der Waals surface area contributed by atoms with Gasteiger partial charge in [-0.2, -0.15) is 13.2 Å². The van der Waals surface area contributed by atoms with Crippen LogP contribution in [0.15, 0.2) is 52.9 Å². The minimum atomic E-state index is -4.29. The lowest BCUT2D eigenvalue weighted by Crippen LogP contribution is -2.04. The Bertz CT molecular complexity index is 768. The highest BCUT2D eigenvalue weighted by Gasteiger charge is 2.30. The average molecular weight is 390 g/mol. The number of hydrogen-bond donors (Lipinski definition) is 0. The standard InChI is InChI=1S/C15H10F3NS4/c16-15(17,18)11-5-3-4-10(8-11)9-20-23-22-14-19-12-6-1-2-7-13(12)21-14/h1-8H,9H2. The van der Waals surface area contributed by atoms with E-state index in [4.69, 9.17) is 0 Å². The van der Waals surface area contributed by atoms with E-state index in [0.717, 1.165) is 20.6 Å². The zero-order valence-electron chi connectivity index (χ0n) is 11.5. The smallest absolute Gasteiger partial charge is 0.229 e. The molecule has 3 aromatic rings. The van der Waals surface area contributed by atoms with Crippen LogP contribution in [-0.2, 0) is 11.9 Å². The second-order valence-electron chi connectivity index (χ2n) is 4.56. The normalized spacial score (nSPS) is 12.0. The van der Waals surface area contributed by atoms with Gasteiger partial charge in [-0.3, -0.25) is 0 Å². The van der Waals surface area contributed by atoms with Crippen LogP contribution in [0.5, 0.6) is 0 Å². The van der Waals surface area contributed by atoms with Crippen LogP contribution in [0.4, 0.5) is 13.2 Å². The lowest BCUT2D eigenvalue weighted by molar-refractivity contribution is -0.137. The summed E-state index contributed by atoms with van der Waals surface area (Å²) < 4.78 is 40.1. The Morgan fingerprint density at radius 2 is 1.87 bits per heavy atom. The first-order chi connectivity index (χ1) is 11.0. The largest absolute Gasteiger partial charge is 0.416 e. The molecule has 0 N–H and O–H groups in total. The number of aromatic nitrogens is 1. The van der Waals surface area contributed by atoms with E-state index in [1.165, 1.54) is 43.5 Å². The summed E-state index contributed by atoms with van der Waals surface area (Å²) in [4.78, 5) is 4.50. The Morgan fingerprint density at radius 3 is 2.65 bits per heavy atom. The number of nitrogens with zero attached hydrogens (tertiary/aromatic N) is 1. The zero-order valence-corrected chi connectivity index (χ0v) is 14.8. The third kappa shape index (κ3) is 4.59. The fourth-order valence-corrected chi connectivity index (χ4v) is 7.01. The highest BCUT2D eigenvalue weighted by Crippen LogP contribution is 2.44. The van der Waals surface area contributed by atoms with Crippen molar-refractivity contribution in [3.05, 3.63) is 59.7 Å². The van der Waals surface area contributed by atoms with Crippen molar-refractivity contribution in [2.75, 3.05) is 0 Å². The van der Waals surface area contributed by atoms with E-state index in [9.17, 15) is 13.2 Å². The van der Waals surface area contributed by atoms with Gasteiger partial charge in [-0.05, 0) is 44.4 Å². The van der Waals surface area contributed by atoms with Crippen molar-refractivity contribution in [3.8, 4) is 0 Å². The van der Waals surface area contributed by atoms with E-state index in [1.54, 1.807) is 17.4 Å². The van der Waals surface area contributed by atoms with Gasteiger partial charge in [-0.15, -0.1) is 11.3 Å². The van der Waals surface area contributed by atoms with Gasteiger partial charge in [0.2, 0.25) is 0 Å². The molecular weight excluding hydrogens is 379 g/mol. The number of fused-ring (bicyclic) bond motifs is 1. The molecule has 0 amide bonds. The van der Waals surface area contributed by atoms with Crippen LogP contribution < -0.4 is 0 Å². The molecule has 3 rings (SSSR count). The lowest BCUT2D eigenvalue weighted by atomic mass is 10.1. The SMILES string of the molecule is FC(F)(F)c1cccc(CSSSc2nc3ccccc3s2)c1. The maximum Gasteiger partial charge on any atom is 0.416 e. The lowest BCUT2D eigenvalue weighted by Gasteiger charge is -2.08. The summed E-state index contributed by atoms with van der Waals surface area (Å²) in [6.45, 7) is 0. The van der Waals surface area contributed by atoms with Gasteiger partial charge in [0.25, 0.3) is 0 Å². The Balaban J connectivity index is 1.53. The number of rotatable bonds is 5. The van der Waals surface area contributed by atoms with Crippen molar-refractivity contribution < 1.29 is 13.2 Å². The van der Waals surface area contributed by atoms with E-state index in [-0.39, 0.29) is 0 Å². The summed E-state index contributed by atoms with van der Waals surface area (Å²) in [7, 11) is 4.58. The van der Waals surface area contributed by atoms with Crippen LogP contribution in [0.2, 0.25) is 0 Å². The zero-order chi connectivity index (χ0) is 16.3. The first-order valence-corrected chi connectivity index (χ1v) is 11.0. The van der Waals surface area contributed by atoms with Crippen LogP contribution in [0, 0.1) is 0 Å². The molecule has 0 fully saturated rings. The summed E-state index contributed by atoms with van der Waals surface area (Å²) in [5.41, 5.74) is 1.05. The summed E-state index contributed by atoms with van der Waals surface area (Å²) in [6, 6.07) is 13.4. The summed E-state index contributed by atoms with van der Waals surface area (Å²) in [6.07, 6.45) is -4.29. The monoisotopic (exact) mass is 389 g/mol. The molecule has 23 heavy (non-hydrogen) atoms. The number of para-hydroxylation sites is 1. The first-order valence-electron chi connectivity index (χ1n) is 6.50. The highest BCUT2D eigenvalue weighted by molar-refractivity contribution is 9.09. The molecular formula is C15H10F3NS4. The van der Waals surface area contributed by atoms with E-state index >= 15 is 0 Å². The van der Waals surface area contributed by atoms with Crippen molar-refractivity contribution in [2.45, 2.75) is 16.3 Å². The maximum atomic E-state index is 12.7. The average Bonchev–Trinajstić information content (AvgIpc) is 2.94. The van der Waals surface area contributed by atoms with Crippen molar-refractivity contribution >= 4 is 53.0 Å². The molecule has 1 heterocycles. The van der Waals surface area contributed by atoms with E-state index in [2.05, 4.69) is 4.98 Å². The van der Waals surface area contributed by atoms with Gasteiger partial charge >= 0.3 is 6.18 Å². The molecule has 0 bridgehead atoms. The van der Waals surface area contributed by atoms with Gasteiger partial charge in [-0.1, -0.05) is 41.1 Å². The molecule has 0 radical (unpaired) electrons. The van der Waals surface area contributed by atoms with Crippen LogP contribution in [0.25, 0.3) is 10.2 Å². The number of hydrogen-bond acceptors (Lipinski definition) is 5. The predicted molar refractivity (Wildman–Crippen MR) is 95.8 cm³/mol. The molecule has 0 spiro atoms. The molecule has 0 saturated carbocycles. The van der Waals surface area contributed by atoms with Crippen LogP contribution in [0.3, 0.4) is 0 Å². The van der Waals surface area contributed by atoms with E-state index in [0.29, 0.717) is 11.3 Å². The van der Waals surface area contributed by atoms with E-state index in [1.807, 2.05) is 24.3 Å². The molecule has 0 aliphatic heterocycles. The quantitative estimate of drug-likeness (QED) is 0.347. The van der Waals surface area contributed by atoms with Crippen molar-refractivity contribution in [1.29, 1.82) is 0 Å². The Morgan fingerprint density at radius 1 is 1.04 bits per heavy atom. The summed E-state index contributed by atoms with van der Waals surface area (Å²) >= 11 is 1.62. The van der Waals surface area contributed by atoms with Crippen LogP contribution >= 0.6 is 42.8 Å². The van der Waals surface area contributed by atoms with E-state index < -0.39 is 11.7 Å². The Kier molecular flexibility index (Phi) is 5.45. The maximum absolute atomic E-state index is 12.7. The Labute approximate surface area is 146 Å². The molecule has 2 aromatic carbocycles. The minimum absolute atomic E-state index is 0.520. The molecule has 1 aromatic heterocycles. The van der Waals surface area contributed by atoms with Gasteiger partial charge < -0.3 is 0 Å². The molecule has 8 heteroatoms. The third-order valence-corrected chi connectivity index (χ3v) is 8.20. The van der Waals surface area contributed by atoms with Crippen molar-refractivity contribution in [1.82, 2.24) is 4.98 Å². The number of benzene rings is 2. The molecule has 0 aliphatic carbocycles. The molecule has 120 valence electrons. The van der Waals surface area contributed by atoms with Crippen molar-refractivity contribution in [2.24, 2.45) is 0 Å². The molecule has 0 unspecified atom stereocenters. The molecule has 0 aliphatic rings. The second kappa shape index (κ2) is 7.38. The summed E-state index contributed by atoms with van der Waals surface area (Å²) in [5, 5.41) is 0. The van der Waals surface area contributed by atoms with Crippen LogP contribution in [-0.4, -0.2) is 4.98 Å². The second-order valence-corrected chi connectivity index (χ2v) is 9.90. The van der Waals surface area contributed by atoms with Gasteiger partial charge in [0.1, 0.15) is 0 Å². The molecule has 0 saturated heterocycles. The minimum Gasteiger partial charge on any atom is -0.229 e. The number of halogens is 3. The highest BCUT2D eigenvalue weighted by atomic mass is 33.5.